The molecule has 0 saturated carbocycles. The monoisotopic (exact) mass is 963 g/mol. The van der Waals surface area contributed by atoms with E-state index in [9.17, 15) is 0 Å². The van der Waals surface area contributed by atoms with E-state index in [1.54, 1.807) is 0 Å². The Labute approximate surface area is 440 Å². The van der Waals surface area contributed by atoms with Crippen molar-refractivity contribution in [1.82, 2.24) is 0 Å². The van der Waals surface area contributed by atoms with Crippen LogP contribution in [-0.2, 0) is 16.2 Å². The first-order valence-corrected chi connectivity index (χ1v) is 26.5. The summed E-state index contributed by atoms with van der Waals surface area (Å²) in [6, 6.07) is 88.6. The van der Waals surface area contributed by atoms with Crippen molar-refractivity contribution < 1.29 is 4.42 Å². The summed E-state index contributed by atoms with van der Waals surface area (Å²) in [5.74, 6) is 0. The average molecular weight is 964 g/mol. The number of hydrogen-bond donors (Lipinski definition) is 0. The van der Waals surface area contributed by atoms with Gasteiger partial charge in [0.25, 0.3) is 0 Å². The molecule has 11 aromatic carbocycles. The number of para-hydroxylation sites is 1. The minimum absolute atomic E-state index is 0.0770. The molecule has 0 bridgehead atoms. The number of nitrogens with zero attached hydrogens (tertiary/aromatic N) is 1. The molecule has 360 valence electrons. The first-order valence-electron chi connectivity index (χ1n) is 26.5. The van der Waals surface area contributed by atoms with Crippen LogP contribution in [0.5, 0.6) is 0 Å². The van der Waals surface area contributed by atoms with Gasteiger partial charge < -0.3 is 9.32 Å². The molecule has 14 rings (SSSR count). The van der Waals surface area contributed by atoms with Crippen molar-refractivity contribution in [2.24, 2.45) is 0 Å². The Hall–Kier alpha value is -8.72. The zero-order chi connectivity index (χ0) is 50.8. The molecule has 0 atom stereocenters. The lowest BCUT2D eigenvalue weighted by Gasteiger charge is -2.34. The lowest BCUT2D eigenvalue weighted by molar-refractivity contribution is 0.586. The summed E-state index contributed by atoms with van der Waals surface area (Å²) in [6.07, 6.45) is 0. The van der Waals surface area contributed by atoms with Crippen LogP contribution in [0.2, 0.25) is 0 Å². The van der Waals surface area contributed by atoms with Gasteiger partial charge in [0.05, 0.1) is 16.5 Å². The van der Waals surface area contributed by atoms with Crippen LogP contribution in [-0.4, -0.2) is 0 Å². The van der Waals surface area contributed by atoms with Crippen LogP contribution in [0.1, 0.15) is 74.9 Å². The number of benzene rings is 11. The second-order valence-corrected chi connectivity index (χ2v) is 22.9. The maximum atomic E-state index is 6.61. The largest absolute Gasteiger partial charge is 0.456 e. The third-order valence-electron chi connectivity index (χ3n) is 16.4. The van der Waals surface area contributed by atoms with Gasteiger partial charge in [0, 0.05) is 16.8 Å². The standard InChI is InChI=1S/C73H57NO/c1-71(2,3)52-32-38-59-60-39-33-53(72(4,5)6)44-65(60)73(64(59)43-52)63-42-50(49-21-14-22-51(41-49)57-25-15-20-48-19-10-11-23-56(48)57)31-37-58(63)61-40-36-55(45-66(61)73)74(54-34-29-47(30-35-54)46-17-8-7-9-18-46)67-26-16-28-69-70(67)62-24-12-13-27-68(62)75-69/h7-45H,1-6H3. The van der Waals surface area contributed by atoms with Gasteiger partial charge >= 0.3 is 0 Å². The second-order valence-electron chi connectivity index (χ2n) is 22.9. The van der Waals surface area contributed by atoms with E-state index < -0.39 is 5.41 Å². The second kappa shape index (κ2) is 16.6. The van der Waals surface area contributed by atoms with Crippen LogP contribution >= 0.6 is 0 Å². The quantitative estimate of drug-likeness (QED) is 0.165. The molecule has 75 heavy (non-hydrogen) atoms. The highest BCUT2D eigenvalue weighted by Crippen LogP contribution is 2.65. The number of fused-ring (bicyclic) bond motifs is 14. The van der Waals surface area contributed by atoms with Crippen molar-refractivity contribution in [3.63, 3.8) is 0 Å². The Morgan fingerprint density at radius 1 is 0.333 bits per heavy atom. The summed E-state index contributed by atoms with van der Waals surface area (Å²) in [4.78, 5) is 2.47. The summed E-state index contributed by atoms with van der Waals surface area (Å²) in [6.45, 7) is 14.1. The molecule has 12 aromatic rings. The molecule has 0 amide bonds. The summed E-state index contributed by atoms with van der Waals surface area (Å²) < 4.78 is 6.61. The summed E-state index contributed by atoms with van der Waals surface area (Å²) in [5, 5.41) is 4.70. The van der Waals surface area contributed by atoms with Crippen molar-refractivity contribution >= 4 is 49.8 Å². The van der Waals surface area contributed by atoms with E-state index in [1.165, 1.54) is 99.8 Å². The predicted octanol–water partition coefficient (Wildman–Crippen LogP) is 20.1. The fourth-order valence-corrected chi connectivity index (χ4v) is 12.6. The fourth-order valence-electron chi connectivity index (χ4n) is 12.6. The number of rotatable bonds is 6. The van der Waals surface area contributed by atoms with Crippen LogP contribution in [0, 0.1) is 0 Å². The molecule has 0 radical (unpaired) electrons. The molecule has 2 aliphatic rings. The van der Waals surface area contributed by atoms with Gasteiger partial charge in [-0.2, -0.15) is 0 Å². The molecule has 0 saturated heterocycles. The Morgan fingerprint density at radius 3 is 1.55 bits per heavy atom. The first-order chi connectivity index (χ1) is 36.4. The van der Waals surface area contributed by atoms with Gasteiger partial charge in [-0.25, -0.2) is 0 Å². The lowest BCUT2D eigenvalue weighted by atomic mass is 9.68. The van der Waals surface area contributed by atoms with Crippen LogP contribution in [0.15, 0.2) is 241 Å². The topological polar surface area (TPSA) is 16.4 Å². The number of hydrogen-bond acceptors (Lipinski definition) is 2. The van der Waals surface area contributed by atoms with Gasteiger partial charge in [-0.15, -0.1) is 0 Å². The summed E-state index contributed by atoms with van der Waals surface area (Å²) >= 11 is 0. The number of anilines is 3. The van der Waals surface area contributed by atoms with E-state index in [-0.39, 0.29) is 10.8 Å². The van der Waals surface area contributed by atoms with Gasteiger partial charge in [0.2, 0.25) is 0 Å². The minimum atomic E-state index is -0.645. The fraction of sp³-hybridized carbons (Fsp3) is 0.123. The van der Waals surface area contributed by atoms with Gasteiger partial charge in [-0.3, -0.25) is 0 Å². The zero-order valence-corrected chi connectivity index (χ0v) is 43.4. The molecule has 0 fully saturated rings. The van der Waals surface area contributed by atoms with E-state index >= 15 is 0 Å². The Bertz CT molecular complexity index is 4180. The molecule has 2 nitrogen and oxygen atoms in total. The lowest BCUT2D eigenvalue weighted by Crippen LogP contribution is -2.27. The van der Waals surface area contributed by atoms with Crippen molar-refractivity contribution in [1.29, 1.82) is 0 Å². The molecule has 0 aliphatic heterocycles. The van der Waals surface area contributed by atoms with Gasteiger partial charge in [0.1, 0.15) is 11.2 Å². The molecule has 1 spiro atoms. The van der Waals surface area contributed by atoms with Crippen molar-refractivity contribution in [3.8, 4) is 55.6 Å². The zero-order valence-electron chi connectivity index (χ0n) is 43.4. The average Bonchev–Trinajstić information content (AvgIpc) is 4.22. The smallest absolute Gasteiger partial charge is 0.137 e. The maximum Gasteiger partial charge on any atom is 0.137 e. The van der Waals surface area contributed by atoms with Crippen molar-refractivity contribution in [2.75, 3.05) is 4.90 Å². The van der Waals surface area contributed by atoms with Crippen LogP contribution < -0.4 is 4.90 Å². The van der Waals surface area contributed by atoms with Crippen LogP contribution in [0.25, 0.3) is 88.3 Å². The molecular formula is C73H57NO. The molecule has 0 N–H and O–H groups in total. The molecule has 0 unspecified atom stereocenters. The van der Waals surface area contributed by atoms with Crippen LogP contribution in [0.3, 0.4) is 0 Å². The highest BCUT2D eigenvalue weighted by atomic mass is 16.3. The van der Waals surface area contributed by atoms with Gasteiger partial charge in [0.15, 0.2) is 0 Å². The highest BCUT2D eigenvalue weighted by molar-refractivity contribution is 6.13. The first kappa shape index (κ1) is 44.9. The van der Waals surface area contributed by atoms with E-state index in [2.05, 4.69) is 283 Å². The molecule has 1 aromatic heterocycles. The summed E-state index contributed by atoms with van der Waals surface area (Å²) in [7, 11) is 0. The Balaban J connectivity index is 1.05. The van der Waals surface area contributed by atoms with E-state index in [0.29, 0.717) is 0 Å². The third-order valence-corrected chi connectivity index (χ3v) is 16.4. The molecule has 1 heterocycles. The highest BCUT2D eigenvalue weighted by Gasteiger charge is 2.53. The molecule has 2 heteroatoms. The third kappa shape index (κ3) is 7.00. The molecular weight excluding hydrogens is 907 g/mol. The van der Waals surface area contributed by atoms with E-state index in [0.717, 1.165) is 39.0 Å². The van der Waals surface area contributed by atoms with E-state index in [4.69, 9.17) is 4.42 Å². The number of furan rings is 1. The van der Waals surface area contributed by atoms with Crippen LogP contribution in [0.4, 0.5) is 17.1 Å². The van der Waals surface area contributed by atoms with Crippen molar-refractivity contribution in [3.05, 3.63) is 270 Å². The van der Waals surface area contributed by atoms with Gasteiger partial charge in [-0.05, 0) is 165 Å². The van der Waals surface area contributed by atoms with E-state index in [1.807, 2.05) is 0 Å². The maximum absolute atomic E-state index is 6.61. The van der Waals surface area contributed by atoms with Crippen molar-refractivity contribution in [2.45, 2.75) is 57.8 Å². The Kier molecular flexibility index (Phi) is 9.98. The Morgan fingerprint density at radius 2 is 0.827 bits per heavy atom. The summed E-state index contributed by atoms with van der Waals surface area (Å²) in [5.41, 5.74) is 24.5. The minimum Gasteiger partial charge on any atom is -0.456 e. The predicted molar refractivity (Wildman–Crippen MR) is 316 cm³/mol. The normalized spacial score (nSPS) is 13.3. The molecule has 2 aliphatic carbocycles. The SMILES string of the molecule is CC(C)(C)c1ccc2c(c1)C1(c3cc(-c4cccc(-c5cccc6ccccc56)c4)ccc3-c3ccc(N(c4ccc(-c5ccccc5)cc4)c4cccc5oc6ccccc6c45)cc31)c1cc(C(C)(C)C)ccc1-2. The van der Waals surface area contributed by atoms with Gasteiger partial charge in [-0.1, -0.05) is 224 Å².